The van der Waals surface area contributed by atoms with Crippen molar-refractivity contribution in [3.8, 4) is 0 Å². The van der Waals surface area contributed by atoms with Gasteiger partial charge in [0.05, 0.1) is 10.9 Å². The molecule has 1 fully saturated rings. The van der Waals surface area contributed by atoms with Gasteiger partial charge in [-0.15, -0.1) is 0 Å². The van der Waals surface area contributed by atoms with E-state index in [0.29, 0.717) is 5.78 Å². The Labute approximate surface area is 72.4 Å². The van der Waals surface area contributed by atoms with Crippen molar-refractivity contribution in [2.45, 2.75) is 26.2 Å². The molecule has 0 spiro atoms. The summed E-state index contributed by atoms with van der Waals surface area (Å²) in [6.45, 7) is 2.81. The average molecular weight is 171 g/mol. The molecule has 0 radical (unpaired) electrons. The second-order valence-electron chi connectivity index (χ2n) is 2.81. The Kier molecular flexibility index (Phi) is 3.00. The van der Waals surface area contributed by atoms with Gasteiger partial charge in [-0.2, -0.15) is 0 Å². The van der Waals surface area contributed by atoms with Crippen LogP contribution in [0.4, 0.5) is 0 Å². The molecule has 0 bridgehead atoms. The van der Waals surface area contributed by atoms with Gasteiger partial charge in [-0.3, -0.25) is 4.79 Å². The first-order chi connectivity index (χ1) is 5.25. The van der Waals surface area contributed by atoms with Gasteiger partial charge in [0.2, 0.25) is 0 Å². The third-order valence-electron chi connectivity index (χ3n) is 1.97. The van der Waals surface area contributed by atoms with Crippen molar-refractivity contribution in [2.24, 2.45) is 5.92 Å². The van der Waals surface area contributed by atoms with Crippen molar-refractivity contribution in [2.75, 3.05) is 6.54 Å². The second kappa shape index (κ2) is 3.81. The Morgan fingerprint density at radius 2 is 2.55 bits per heavy atom. The minimum absolute atomic E-state index is 0.0324. The summed E-state index contributed by atoms with van der Waals surface area (Å²) < 4.78 is 0. The van der Waals surface area contributed by atoms with Gasteiger partial charge < -0.3 is 5.32 Å². The molecule has 1 N–H and O–H groups in total. The number of hydrogen-bond donors (Lipinski definition) is 1. The normalized spacial score (nSPS) is 23.7. The predicted molar refractivity (Wildman–Crippen MR) is 48.6 cm³/mol. The maximum Gasteiger partial charge on any atom is 0.142 e. The maximum atomic E-state index is 11.2. The lowest BCUT2D eigenvalue weighted by Crippen LogP contribution is -2.30. The highest BCUT2D eigenvalue weighted by molar-refractivity contribution is 7.80. The maximum absolute atomic E-state index is 11.2. The lowest BCUT2D eigenvalue weighted by molar-refractivity contribution is -0.118. The Morgan fingerprint density at radius 3 is 3.00 bits per heavy atom. The summed E-state index contributed by atoms with van der Waals surface area (Å²) in [5.74, 6) is 0.348. The summed E-state index contributed by atoms with van der Waals surface area (Å²) in [7, 11) is 0. The Balaban J connectivity index is 2.46. The average Bonchev–Trinajstić information content (AvgIpc) is 2.36. The largest absolute Gasteiger partial charge is 0.379 e. The summed E-state index contributed by atoms with van der Waals surface area (Å²) in [5, 5.41) is 3.03. The van der Waals surface area contributed by atoms with E-state index < -0.39 is 0 Å². The smallest absolute Gasteiger partial charge is 0.142 e. The van der Waals surface area contributed by atoms with E-state index in [0.717, 1.165) is 30.8 Å². The highest BCUT2D eigenvalue weighted by Crippen LogP contribution is 2.21. The SMILES string of the molecule is CCNC(=S)C1CCCC1=O. The van der Waals surface area contributed by atoms with Crippen molar-refractivity contribution >= 4 is 23.0 Å². The second-order valence-corrected chi connectivity index (χ2v) is 3.25. The molecule has 11 heavy (non-hydrogen) atoms. The molecule has 62 valence electrons. The molecule has 0 aromatic carbocycles. The van der Waals surface area contributed by atoms with Crippen LogP contribution >= 0.6 is 12.2 Å². The zero-order chi connectivity index (χ0) is 8.27. The number of carbonyl (C=O) groups is 1. The monoisotopic (exact) mass is 171 g/mol. The standard InChI is InChI=1S/C8H13NOS/c1-2-9-8(11)6-4-3-5-7(6)10/h6H,2-5H2,1H3,(H,9,11). The minimum atomic E-state index is 0.0324. The Morgan fingerprint density at radius 1 is 1.82 bits per heavy atom. The molecule has 1 saturated carbocycles. The van der Waals surface area contributed by atoms with Crippen LogP contribution in [0.5, 0.6) is 0 Å². The fraction of sp³-hybridized carbons (Fsp3) is 0.750. The summed E-state index contributed by atoms with van der Waals surface area (Å²) in [4.78, 5) is 11.9. The topological polar surface area (TPSA) is 29.1 Å². The van der Waals surface area contributed by atoms with Crippen LogP contribution in [-0.4, -0.2) is 17.3 Å². The number of nitrogens with one attached hydrogen (secondary N) is 1. The van der Waals surface area contributed by atoms with Crippen LogP contribution < -0.4 is 5.32 Å². The van der Waals surface area contributed by atoms with E-state index in [1.165, 1.54) is 0 Å². The van der Waals surface area contributed by atoms with E-state index in [1.807, 2.05) is 6.92 Å². The molecule has 2 nitrogen and oxygen atoms in total. The highest BCUT2D eigenvalue weighted by Gasteiger charge is 2.27. The molecule has 0 heterocycles. The van der Waals surface area contributed by atoms with Crippen LogP contribution in [-0.2, 0) is 4.79 Å². The third kappa shape index (κ3) is 1.99. The zero-order valence-electron chi connectivity index (χ0n) is 6.72. The lowest BCUT2D eigenvalue weighted by Gasteiger charge is -2.09. The van der Waals surface area contributed by atoms with E-state index in [4.69, 9.17) is 12.2 Å². The van der Waals surface area contributed by atoms with E-state index in [-0.39, 0.29) is 5.92 Å². The summed E-state index contributed by atoms with van der Waals surface area (Å²) >= 11 is 5.06. The van der Waals surface area contributed by atoms with Crippen molar-refractivity contribution in [3.63, 3.8) is 0 Å². The van der Waals surface area contributed by atoms with Crippen molar-refractivity contribution < 1.29 is 4.79 Å². The van der Waals surface area contributed by atoms with Crippen LogP contribution in [0, 0.1) is 5.92 Å². The van der Waals surface area contributed by atoms with Gasteiger partial charge in [0, 0.05) is 13.0 Å². The number of rotatable bonds is 2. The van der Waals surface area contributed by atoms with E-state index >= 15 is 0 Å². The lowest BCUT2D eigenvalue weighted by atomic mass is 10.1. The van der Waals surface area contributed by atoms with E-state index in [9.17, 15) is 4.79 Å². The Hall–Kier alpha value is -0.440. The molecule has 1 atom stereocenters. The number of thiocarbonyl (C=S) groups is 1. The van der Waals surface area contributed by atoms with Gasteiger partial charge in [-0.25, -0.2) is 0 Å². The van der Waals surface area contributed by atoms with Crippen molar-refractivity contribution in [1.82, 2.24) is 5.32 Å². The molecule has 0 aromatic rings. The van der Waals surface area contributed by atoms with Crippen LogP contribution in [0.3, 0.4) is 0 Å². The summed E-state index contributed by atoms with van der Waals surface area (Å²) in [6.07, 6.45) is 2.68. The minimum Gasteiger partial charge on any atom is -0.379 e. The first-order valence-electron chi connectivity index (χ1n) is 4.06. The fourth-order valence-corrected chi connectivity index (χ4v) is 1.78. The van der Waals surface area contributed by atoms with Crippen molar-refractivity contribution in [1.29, 1.82) is 0 Å². The Bertz CT molecular complexity index is 179. The third-order valence-corrected chi connectivity index (χ3v) is 2.40. The van der Waals surface area contributed by atoms with E-state index in [2.05, 4.69) is 5.32 Å². The zero-order valence-corrected chi connectivity index (χ0v) is 7.54. The van der Waals surface area contributed by atoms with Gasteiger partial charge in [0.25, 0.3) is 0 Å². The van der Waals surface area contributed by atoms with Gasteiger partial charge in [-0.1, -0.05) is 12.2 Å². The van der Waals surface area contributed by atoms with Crippen LogP contribution in [0.2, 0.25) is 0 Å². The number of carbonyl (C=O) groups excluding carboxylic acids is 1. The van der Waals surface area contributed by atoms with Crippen LogP contribution in [0.25, 0.3) is 0 Å². The number of ketones is 1. The van der Waals surface area contributed by atoms with Crippen LogP contribution in [0.15, 0.2) is 0 Å². The molecule has 0 aliphatic heterocycles. The van der Waals surface area contributed by atoms with Gasteiger partial charge in [0.15, 0.2) is 0 Å². The predicted octanol–water partition coefficient (Wildman–Crippen LogP) is 1.29. The first-order valence-corrected chi connectivity index (χ1v) is 4.47. The molecule has 0 saturated heterocycles. The molecule has 0 amide bonds. The molecule has 0 aromatic heterocycles. The molecular weight excluding hydrogens is 158 g/mol. The molecule has 1 aliphatic rings. The summed E-state index contributed by atoms with van der Waals surface area (Å²) in [6, 6.07) is 0. The molecule has 1 rings (SSSR count). The summed E-state index contributed by atoms with van der Waals surface area (Å²) in [5.41, 5.74) is 0. The molecule has 1 unspecified atom stereocenters. The quantitative estimate of drug-likeness (QED) is 0.635. The van der Waals surface area contributed by atoms with Gasteiger partial charge in [-0.05, 0) is 19.8 Å². The number of Topliss-reactive ketones (excluding diaryl/α,β-unsaturated/α-hetero) is 1. The molecule has 1 aliphatic carbocycles. The fourth-order valence-electron chi connectivity index (χ4n) is 1.39. The number of hydrogen-bond acceptors (Lipinski definition) is 2. The van der Waals surface area contributed by atoms with Gasteiger partial charge >= 0.3 is 0 Å². The van der Waals surface area contributed by atoms with Crippen LogP contribution in [0.1, 0.15) is 26.2 Å². The first kappa shape index (κ1) is 8.65. The van der Waals surface area contributed by atoms with Gasteiger partial charge in [0.1, 0.15) is 5.78 Å². The van der Waals surface area contributed by atoms with Crippen molar-refractivity contribution in [3.05, 3.63) is 0 Å². The molecule has 3 heteroatoms. The highest BCUT2D eigenvalue weighted by atomic mass is 32.1. The molecular formula is C8H13NOS. The van der Waals surface area contributed by atoms with E-state index in [1.54, 1.807) is 0 Å².